The van der Waals surface area contributed by atoms with Crippen LogP contribution in [-0.2, 0) is 6.54 Å². The average Bonchev–Trinajstić information content (AvgIpc) is 2.29. The summed E-state index contributed by atoms with van der Waals surface area (Å²) in [5, 5.41) is 9.02. The lowest BCUT2D eigenvalue weighted by molar-refractivity contribution is 0.152. The minimum atomic E-state index is -0.888. The van der Waals surface area contributed by atoms with Crippen molar-refractivity contribution in [1.82, 2.24) is 4.90 Å². The number of hydrogen-bond donors (Lipinski definition) is 1. The molecule has 17 heavy (non-hydrogen) atoms. The van der Waals surface area contributed by atoms with Gasteiger partial charge >= 0.3 is 0 Å². The lowest BCUT2D eigenvalue weighted by Crippen LogP contribution is -2.36. The van der Waals surface area contributed by atoms with Gasteiger partial charge in [0.2, 0.25) is 0 Å². The van der Waals surface area contributed by atoms with Crippen LogP contribution in [0.1, 0.15) is 31.7 Å². The van der Waals surface area contributed by atoms with E-state index < -0.39 is 17.4 Å². The van der Waals surface area contributed by atoms with Gasteiger partial charge in [0, 0.05) is 12.6 Å². The van der Waals surface area contributed by atoms with Gasteiger partial charge in [0.15, 0.2) is 17.4 Å². The van der Waals surface area contributed by atoms with Gasteiger partial charge in [0.25, 0.3) is 0 Å². The van der Waals surface area contributed by atoms with E-state index in [4.69, 9.17) is 5.11 Å². The fraction of sp³-hybridized carbons (Fsp3) is 0.538. The highest BCUT2D eigenvalue weighted by Gasteiger charge is 2.19. The van der Waals surface area contributed by atoms with E-state index >= 15 is 0 Å². The van der Waals surface area contributed by atoms with E-state index in [1.165, 1.54) is 18.6 Å². The molecule has 1 N–H and O–H groups in total. The summed E-state index contributed by atoms with van der Waals surface area (Å²) in [6.45, 7) is 3.63. The van der Waals surface area contributed by atoms with E-state index in [1.54, 1.807) is 0 Å². The predicted molar refractivity (Wildman–Crippen MR) is 61.7 cm³/mol. The summed E-state index contributed by atoms with van der Waals surface area (Å²) >= 11 is 0. The molecule has 1 aromatic rings. The summed E-state index contributed by atoms with van der Waals surface area (Å²) in [7, 11) is 0. The van der Waals surface area contributed by atoms with E-state index in [1.807, 2.05) is 0 Å². The Labute approximate surface area is 99.9 Å². The molecule has 1 atom stereocenters. The van der Waals surface area contributed by atoms with Gasteiger partial charge in [-0.25, -0.2) is 8.78 Å². The molecule has 94 valence electrons. The third kappa shape index (κ3) is 2.75. The van der Waals surface area contributed by atoms with Crippen LogP contribution in [0.5, 0.6) is 5.75 Å². The van der Waals surface area contributed by atoms with E-state index in [0.29, 0.717) is 18.2 Å². The first-order valence-corrected chi connectivity index (χ1v) is 5.99. The smallest absolute Gasteiger partial charge is 0.187 e. The van der Waals surface area contributed by atoms with Crippen LogP contribution in [-0.4, -0.2) is 22.6 Å². The second-order valence-electron chi connectivity index (χ2n) is 4.72. The van der Waals surface area contributed by atoms with Crippen molar-refractivity contribution >= 4 is 0 Å². The van der Waals surface area contributed by atoms with E-state index in [9.17, 15) is 8.78 Å². The number of piperidine rings is 1. The van der Waals surface area contributed by atoms with Crippen LogP contribution >= 0.6 is 0 Å². The molecular weight excluding hydrogens is 224 g/mol. The van der Waals surface area contributed by atoms with Crippen LogP contribution in [0.2, 0.25) is 0 Å². The summed E-state index contributed by atoms with van der Waals surface area (Å²) in [5.74, 6) is -2.66. The Hall–Kier alpha value is -1.16. The molecule has 1 aromatic carbocycles. The number of hydrogen-bond acceptors (Lipinski definition) is 2. The van der Waals surface area contributed by atoms with Gasteiger partial charge < -0.3 is 5.11 Å². The number of benzene rings is 1. The van der Waals surface area contributed by atoms with E-state index in [0.717, 1.165) is 19.4 Å². The first kappa shape index (κ1) is 12.3. The number of nitrogens with zero attached hydrogens (tertiary/aromatic N) is 1. The molecule has 0 spiro atoms. The number of rotatable bonds is 2. The van der Waals surface area contributed by atoms with Crippen LogP contribution in [0.3, 0.4) is 0 Å². The van der Waals surface area contributed by atoms with Crippen molar-refractivity contribution in [3.05, 3.63) is 29.3 Å². The number of aromatic hydroxyl groups is 1. The van der Waals surface area contributed by atoms with Gasteiger partial charge in [-0.05, 0) is 44.0 Å². The Morgan fingerprint density at radius 1 is 1.29 bits per heavy atom. The monoisotopic (exact) mass is 241 g/mol. The summed E-state index contributed by atoms with van der Waals surface area (Å²) in [5.41, 5.74) is 0.576. The summed E-state index contributed by atoms with van der Waals surface area (Å²) in [6.07, 6.45) is 3.48. The van der Waals surface area contributed by atoms with Crippen molar-refractivity contribution in [2.24, 2.45) is 0 Å². The molecule has 1 fully saturated rings. The van der Waals surface area contributed by atoms with Crippen LogP contribution in [0.4, 0.5) is 8.78 Å². The highest BCUT2D eigenvalue weighted by atomic mass is 19.1. The molecule has 0 aliphatic carbocycles. The van der Waals surface area contributed by atoms with E-state index in [2.05, 4.69) is 11.8 Å². The lowest BCUT2D eigenvalue weighted by Gasteiger charge is -2.33. The quantitative estimate of drug-likeness (QED) is 0.860. The molecule has 0 saturated carbocycles. The van der Waals surface area contributed by atoms with Crippen molar-refractivity contribution in [3.8, 4) is 5.75 Å². The molecule has 1 heterocycles. The number of phenols is 1. The molecule has 0 radical (unpaired) electrons. The Kier molecular flexibility index (Phi) is 3.62. The maximum Gasteiger partial charge on any atom is 0.187 e. The van der Waals surface area contributed by atoms with Crippen LogP contribution in [0, 0.1) is 11.6 Å². The SMILES string of the molecule is CC1CCCCN1Cc1cc(F)c(O)c(F)c1. The molecule has 1 aliphatic rings. The maximum atomic E-state index is 13.2. The molecular formula is C13H17F2NO. The van der Waals surface area contributed by atoms with E-state index in [-0.39, 0.29) is 0 Å². The Morgan fingerprint density at radius 2 is 1.94 bits per heavy atom. The van der Waals surface area contributed by atoms with Crippen molar-refractivity contribution < 1.29 is 13.9 Å². The molecule has 4 heteroatoms. The van der Waals surface area contributed by atoms with Crippen LogP contribution in [0.25, 0.3) is 0 Å². The first-order valence-electron chi connectivity index (χ1n) is 5.99. The highest BCUT2D eigenvalue weighted by Crippen LogP contribution is 2.24. The maximum absolute atomic E-state index is 13.2. The van der Waals surface area contributed by atoms with Gasteiger partial charge in [0.05, 0.1) is 0 Å². The molecule has 1 unspecified atom stereocenters. The lowest BCUT2D eigenvalue weighted by atomic mass is 10.0. The second-order valence-corrected chi connectivity index (χ2v) is 4.72. The third-order valence-corrected chi connectivity index (χ3v) is 3.40. The second kappa shape index (κ2) is 5.00. The topological polar surface area (TPSA) is 23.5 Å². The minimum Gasteiger partial charge on any atom is -0.503 e. The molecule has 2 rings (SSSR count). The largest absolute Gasteiger partial charge is 0.503 e. The normalized spacial score (nSPS) is 21.7. The first-order chi connectivity index (χ1) is 8.08. The fourth-order valence-electron chi connectivity index (χ4n) is 2.34. The van der Waals surface area contributed by atoms with Gasteiger partial charge in [-0.2, -0.15) is 0 Å². The van der Waals surface area contributed by atoms with Crippen molar-refractivity contribution in [1.29, 1.82) is 0 Å². The predicted octanol–water partition coefficient (Wildman–Crippen LogP) is 3.04. The van der Waals surface area contributed by atoms with Gasteiger partial charge in [-0.15, -0.1) is 0 Å². The Morgan fingerprint density at radius 3 is 2.53 bits per heavy atom. The van der Waals surface area contributed by atoms with Crippen molar-refractivity contribution in [3.63, 3.8) is 0 Å². The molecule has 0 amide bonds. The van der Waals surface area contributed by atoms with Crippen LogP contribution < -0.4 is 0 Å². The number of likely N-dealkylation sites (tertiary alicyclic amines) is 1. The number of phenolic OH excluding ortho intramolecular Hbond substituents is 1. The highest BCUT2D eigenvalue weighted by molar-refractivity contribution is 5.30. The summed E-state index contributed by atoms with van der Waals surface area (Å²) < 4.78 is 26.4. The Bertz CT molecular complexity index is 385. The molecule has 2 nitrogen and oxygen atoms in total. The zero-order valence-electron chi connectivity index (χ0n) is 9.92. The van der Waals surface area contributed by atoms with Crippen LogP contribution in [0.15, 0.2) is 12.1 Å². The molecule has 0 aromatic heterocycles. The molecule has 0 bridgehead atoms. The number of halogens is 2. The van der Waals surface area contributed by atoms with Crippen molar-refractivity contribution in [2.75, 3.05) is 6.54 Å². The summed E-state index contributed by atoms with van der Waals surface area (Å²) in [6, 6.07) is 2.86. The molecule has 1 saturated heterocycles. The average molecular weight is 241 g/mol. The zero-order chi connectivity index (χ0) is 12.4. The standard InChI is InChI=1S/C13H17F2NO/c1-9-4-2-3-5-16(9)8-10-6-11(14)13(17)12(15)7-10/h6-7,9,17H,2-5,8H2,1H3. The minimum absolute atomic E-state index is 0.448. The fourth-order valence-corrected chi connectivity index (χ4v) is 2.34. The summed E-state index contributed by atoms with van der Waals surface area (Å²) in [4.78, 5) is 2.22. The Balaban J connectivity index is 2.12. The van der Waals surface area contributed by atoms with Gasteiger partial charge in [-0.1, -0.05) is 6.42 Å². The third-order valence-electron chi connectivity index (χ3n) is 3.40. The molecule has 1 aliphatic heterocycles. The van der Waals surface area contributed by atoms with Crippen molar-refractivity contribution in [2.45, 2.75) is 38.8 Å². The zero-order valence-corrected chi connectivity index (χ0v) is 9.92. The van der Waals surface area contributed by atoms with Gasteiger partial charge in [-0.3, -0.25) is 4.90 Å². The van der Waals surface area contributed by atoms with Gasteiger partial charge in [0.1, 0.15) is 0 Å².